The molecule has 6 nitrogen and oxygen atoms in total. The summed E-state index contributed by atoms with van der Waals surface area (Å²) < 4.78 is 1.54. The number of amides is 1. The molecule has 1 N–H and O–H groups in total. The second-order valence-corrected chi connectivity index (χ2v) is 6.92. The lowest BCUT2D eigenvalue weighted by Gasteiger charge is -2.28. The zero-order valence-corrected chi connectivity index (χ0v) is 15.1. The van der Waals surface area contributed by atoms with Crippen LogP contribution < -0.4 is 5.69 Å². The average Bonchev–Trinajstić information content (AvgIpc) is 3.21. The predicted octanol–water partition coefficient (Wildman–Crippen LogP) is 2.89. The van der Waals surface area contributed by atoms with Crippen LogP contribution in [0, 0.1) is 0 Å². The molecule has 4 aromatic rings. The minimum absolute atomic E-state index is 0.00885. The quantitative estimate of drug-likeness (QED) is 0.590. The summed E-state index contributed by atoms with van der Waals surface area (Å²) >= 11 is 0. The van der Waals surface area contributed by atoms with E-state index in [2.05, 4.69) is 4.98 Å². The van der Waals surface area contributed by atoms with Gasteiger partial charge in [-0.1, -0.05) is 48.5 Å². The van der Waals surface area contributed by atoms with Gasteiger partial charge in [0, 0.05) is 41.5 Å². The van der Waals surface area contributed by atoms with E-state index < -0.39 is 0 Å². The summed E-state index contributed by atoms with van der Waals surface area (Å²) in [7, 11) is 0. The monoisotopic (exact) mass is 370 g/mol. The molecule has 1 amide bonds. The van der Waals surface area contributed by atoms with Crippen molar-refractivity contribution in [1.29, 1.82) is 0 Å². The Morgan fingerprint density at radius 1 is 1.00 bits per heavy atom. The lowest BCUT2D eigenvalue weighted by molar-refractivity contribution is 0.0734. The normalized spacial score (nSPS) is 13.5. The highest BCUT2D eigenvalue weighted by Crippen LogP contribution is 2.25. The first-order valence-corrected chi connectivity index (χ1v) is 9.23. The van der Waals surface area contributed by atoms with E-state index in [4.69, 9.17) is 4.98 Å². The molecular weight excluding hydrogens is 352 g/mol. The van der Waals surface area contributed by atoms with Gasteiger partial charge in [0.2, 0.25) is 0 Å². The maximum absolute atomic E-state index is 12.9. The van der Waals surface area contributed by atoms with E-state index in [9.17, 15) is 9.59 Å². The van der Waals surface area contributed by atoms with Crippen molar-refractivity contribution >= 4 is 11.6 Å². The van der Waals surface area contributed by atoms with Crippen LogP contribution in [0.15, 0.2) is 71.7 Å². The van der Waals surface area contributed by atoms with Crippen molar-refractivity contribution < 1.29 is 4.79 Å². The van der Waals surface area contributed by atoms with Gasteiger partial charge in [-0.05, 0) is 12.1 Å². The van der Waals surface area contributed by atoms with Crippen LogP contribution >= 0.6 is 0 Å². The molecule has 0 spiro atoms. The molecule has 3 heterocycles. The molecule has 0 fully saturated rings. The van der Waals surface area contributed by atoms with Crippen molar-refractivity contribution in [1.82, 2.24) is 19.3 Å². The molecule has 2 aromatic heterocycles. The van der Waals surface area contributed by atoms with Crippen LogP contribution in [0.5, 0.6) is 0 Å². The van der Waals surface area contributed by atoms with Crippen molar-refractivity contribution in [3.63, 3.8) is 0 Å². The van der Waals surface area contributed by atoms with Crippen LogP contribution in [0.3, 0.4) is 0 Å². The summed E-state index contributed by atoms with van der Waals surface area (Å²) in [6.45, 7) is 0.994. The Morgan fingerprint density at radius 3 is 2.46 bits per heavy atom. The first-order valence-electron chi connectivity index (χ1n) is 9.23. The summed E-state index contributed by atoms with van der Waals surface area (Å²) in [5, 5.41) is 0. The molecule has 0 saturated carbocycles. The molecule has 0 atom stereocenters. The molecule has 28 heavy (non-hydrogen) atoms. The SMILES string of the molecule is O=C(c1ccccc1)N1CCc2[nH]c(=O)n3cc(-c4ccccc4)nc3c2C1. The smallest absolute Gasteiger partial charge is 0.331 e. The topological polar surface area (TPSA) is 70.5 Å². The lowest BCUT2D eigenvalue weighted by atomic mass is 10.1. The predicted molar refractivity (Wildman–Crippen MR) is 106 cm³/mol. The van der Waals surface area contributed by atoms with Gasteiger partial charge in [0.05, 0.1) is 12.2 Å². The van der Waals surface area contributed by atoms with Crippen LogP contribution in [0.4, 0.5) is 0 Å². The van der Waals surface area contributed by atoms with Gasteiger partial charge in [0.1, 0.15) is 5.65 Å². The molecule has 0 bridgehead atoms. The van der Waals surface area contributed by atoms with Gasteiger partial charge in [0.15, 0.2) is 0 Å². The van der Waals surface area contributed by atoms with Crippen molar-refractivity contribution in [2.75, 3.05) is 6.54 Å². The standard InChI is InChI=1S/C22H18N4O2/c27-21(16-9-5-2-6-10-16)25-12-11-18-17(13-25)20-23-19(14-26(20)22(28)24-18)15-7-3-1-4-8-15/h1-10,14H,11-13H2,(H,24,28). The van der Waals surface area contributed by atoms with E-state index in [0.717, 1.165) is 22.5 Å². The number of carbonyl (C=O) groups excluding carboxylic acids is 1. The number of imidazole rings is 1. The van der Waals surface area contributed by atoms with Gasteiger partial charge in [-0.15, -0.1) is 0 Å². The molecule has 0 radical (unpaired) electrons. The van der Waals surface area contributed by atoms with Gasteiger partial charge in [-0.2, -0.15) is 0 Å². The van der Waals surface area contributed by atoms with Gasteiger partial charge < -0.3 is 9.88 Å². The third-order valence-corrected chi connectivity index (χ3v) is 5.17. The molecule has 0 unspecified atom stereocenters. The second-order valence-electron chi connectivity index (χ2n) is 6.92. The van der Waals surface area contributed by atoms with Crippen molar-refractivity contribution in [3.8, 4) is 11.3 Å². The number of aromatic nitrogens is 3. The molecular formula is C22H18N4O2. The van der Waals surface area contributed by atoms with Crippen LogP contribution in [0.25, 0.3) is 16.9 Å². The number of nitrogens with one attached hydrogen (secondary N) is 1. The number of nitrogens with zero attached hydrogens (tertiary/aromatic N) is 3. The first kappa shape index (κ1) is 16.5. The fourth-order valence-corrected chi connectivity index (χ4v) is 3.73. The Labute approximate surface area is 161 Å². The Balaban J connectivity index is 1.58. The van der Waals surface area contributed by atoms with E-state index in [-0.39, 0.29) is 11.6 Å². The molecule has 0 saturated heterocycles. The highest BCUT2D eigenvalue weighted by molar-refractivity contribution is 5.94. The number of fused-ring (bicyclic) bond motifs is 3. The van der Waals surface area contributed by atoms with Gasteiger partial charge in [-0.3, -0.25) is 9.20 Å². The van der Waals surface area contributed by atoms with Crippen LogP contribution in [0.2, 0.25) is 0 Å². The number of carbonyl (C=O) groups is 1. The van der Waals surface area contributed by atoms with Crippen LogP contribution in [0.1, 0.15) is 21.6 Å². The highest BCUT2D eigenvalue weighted by atomic mass is 16.2. The number of aromatic amines is 1. The van der Waals surface area contributed by atoms with E-state index >= 15 is 0 Å². The van der Waals surface area contributed by atoms with Crippen LogP contribution in [-0.4, -0.2) is 31.7 Å². The van der Waals surface area contributed by atoms with Crippen molar-refractivity contribution in [3.05, 3.63) is 94.2 Å². The first-order chi connectivity index (χ1) is 13.7. The largest absolute Gasteiger partial charge is 0.334 e. The highest BCUT2D eigenvalue weighted by Gasteiger charge is 2.25. The second kappa shape index (κ2) is 6.49. The minimum atomic E-state index is -0.203. The number of H-pyrrole nitrogens is 1. The van der Waals surface area contributed by atoms with E-state index in [0.29, 0.717) is 30.7 Å². The Kier molecular flexibility index (Phi) is 3.83. The third-order valence-electron chi connectivity index (χ3n) is 5.17. The summed E-state index contributed by atoms with van der Waals surface area (Å²) in [6.07, 6.45) is 2.36. The average molecular weight is 370 g/mol. The third kappa shape index (κ3) is 2.70. The van der Waals surface area contributed by atoms with Crippen molar-refractivity contribution in [2.45, 2.75) is 13.0 Å². The van der Waals surface area contributed by atoms with Crippen LogP contribution in [-0.2, 0) is 13.0 Å². The number of rotatable bonds is 2. The maximum atomic E-state index is 12.9. The number of hydrogen-bond acceptors (Lipinski definition) is 3. The van der Waals surface area contributed by atoms with Gasteiger partial charge in [-0.25, -0.2) is 9.78 Å². The minimum Gasteiger partial charge on any atom is -0.334 e. The number of benzene rings is 2. The van der Waals surface area contributed by atoms with Gasteiger partial charge >= 0.3 is 5.69 Å². The molecule has 1 aliphatic rings. The van der Waals surface area contributed by atoms with Gasteiger partial charge in [0.25, 0.3) is 5.91 Å². The Morgan fingerprint density at radius 2 is 1.71 bits per heavy atom. The maximum Gasteiger partial charge on any atom is 0.331 e. The number of hydrogen-bond donors (Lipinski definition) is 1. The van der Waals surface area contributed by atoms with Crippen molar-refractivity contribution in [2.24, 2.45) is 0 Å². The zero-order valence-electron chi connectivity index (χ0n) is 15.1. The van der Waals surface area contributed by atoms with E-state index in [1.54, 1.807) is 6.20 Å². The Bertz CT molecular complexity index is 1230. The van der Waals surface area contributed by atoms with E-state index in [1.165, 1.54) is 4.40 Å². The molecule has 5 rings (SSSR count). The Hall–Kier alpha value is -3.67. The molecule has 0 aliphatic carbocycles. The summed E-state index contributed by atoms with van der Waals surface area (Å²) in [5.74, 6) is -0.00885. The fraction of sp³-hybridized carbons (Fsp3) is 0.136. The summed E-state index contributed by atoms with van der Waals surface area (Å²) in [4.78, 5) is 34.9. The van der Waals surface area contributed by atoms with E-state index in [1.807, 2.05) is 65.6 Å². The zero-order chi connectivity index (χ0) is 19.1. The molecule has 2 aromatic carbocycles. The summed E-state index contributed by atoms with van der Waals surface area (Å²) in [6, 6.07) is 19.0. The molecule has 1 aliphatic heterocycles. The molecule has 138 valence electrons. The molecule has 6 heteroatoms. The lowest BCUT2D eigenvalue weighted by Crippen LogP contribution is -2.38. The fourth-order valence-electron chi connectivity index (χ4n) is 3.73. The summed E-state index contributed by atoms with van der Waals surface area (Å²) in [5.41, 5.74) is 4.53.